The number of hydrazine groups is 1. The zero-order chi connectivity index (χ0) is 24.8. The summed E-state index contributed by atoms with van der Waals surface area (Å²) in [6, 6.07) is 18.6. The fourth-order valence-electron chi connectivity index (χ4n) is 3.66. The number of carbonyl (C=O) groups is 3. The molecule has 0 fully saturated rings. The number of halogens is 2. The van der Waals surface area contributed by atoms with E-state index in [-0.39, 0.29) is 23.4 Å². The number of aromatic nitrogens is 1. The van der Waals surface area contributed by atoms with Crippen molar-refractivity contribution in [3.8, 4) is 0 Å². The van der Waals surface area contributed by atoms with E-state index in [1.54, 1.807) is 30.5 Å². The van der Waals surface area contributed by atoms with Crippen molar-refractivity contribution in [3.63, 3.8) is 0 Å². The Morgan fingerprint density at radius 1 is 0.914 bits per heavy atom. The molecule has 0 aliphatic heterocycles. The van der Waals surface area contributed by atoms with E-state index in [4.69, 9.17) is 11.6 Å². The van der Waals surface area contributed by atoms with Gasteiger partial charge in [0.15, 0.2) is 0 Å². The molecule has 1 atom stereocenters. The van der Waals surface area contributed by atoms with Crippen molar-refractivity contribution in [1.29, 1.82) is 0 Å². The highest BCUT2D eigenvalue weighted by Gasteiger charge is 2.24. The van der Waals surface area contributed by atoms with E-state index in [1.165, 1.54) is 24.3 Å². The Hall–Kier alpha value is -4.17. The molecule has 7 nitrogen and oxygen atoms in total. The van der Waals surface area contributed by atoms with Gasteiger partial charge in [0.1, 0.15) is 11.9 Å². The minimum absolute atomic E-state index is 0.0559. The summed E-state index contributed by atoms with van der Waals surface area (Å²) in [6.07, 6.45) is 1.89. The Labute approximate surface area is 205 Å². The number of rotatable bonds is 7. The predicted octanol–water partition coefficient (Wildman–Crippen LogP) is 3.69. The highest BCUT2D eigenvalue weighted by atomic mass is 35.5. The van der Waals surface area contributed by atoms with Crippen LogP contribution in [-0.4, -0.2) is 28.7 Å². The largest absolute Gasteiger partial charge is 0.361 e. The molecular weight excluding hydrogens is 471 g/mol. The van der Waals surface area contributed by atoms with Gasteiger partial charge in [-0.1, -0.05) is 54.1 Å². The van der Waals surface area contributed by atoms with Gasteiger partial charge in [-0.05, 0) is 41.5 Å². The van der Waals surface area contributed by atoms with Crippen LogP contribution in [0.4, 0.5) is 4.39 Å². The molecular formula is C26H22ClFN4O3. The number of nitrogens with one attached hydrogen (secondary N) is 4. The molecule has 4 aromatic rings. The van der Waals surface area contributed by atoms with Gasteiger partial charge in [-0.15, -0.1) is 0 Å². The summed E-state index contributed by atoms with van der Waals surface area (Å²) in [5.74, 6) is -2.03. The Balaban J connectivity index is 1.48. The lowest BCUT2D eigenvalue weighted by molar-refractivity contribution is -0.129. The molecule has 178 valence electrons. The van der Waals surface area contributed by atoms with Gasteiger partial charge in [0.05, 0.1) is 17.0 Å². The van der Waals surface area contributed by atoms with Crippen molar-refractivity contribution >= 4 is 40.2 Å². The summed E-state index contributed by atoms with van der Waals surface area (Å²) in [7, 11) is 0. The van der Waals surface area contributed by atoms with Crippen molar-refractivity contribution in [1.82, 2.24) is 21.2 Å². The number of carbonyl (C=O) groups excluding carboxylic acids is 3. The second-order valence-electron chi connectivity index (χ2n) is 7.91. The van der Waals surface area contributed by atoms with Gasteiger partial charge in [0.25, 0.3) is 11.8 Å². The van der Waals surface area contributed by atoms with Gasteiger partial charge in [-0.2, -0.15) is 0 Å². The Morgan fingerprint density at radius 3 is 2.40 bits per heavy atom. The molecule has 0 saturated carbocycles. The highest BCUT2D eigenvalue weighted by Crippen LogP contribution is 2.20. The molecule has 1 aromatic heterocycles. The maximum absolute atomic E-state index is 13.1. The number of para-hydroxylation sites is 1. The second-order valence-corrected chi connectivity index (χ2v) is 8.32. The van der Waals surface area contributed by atoms with Crippen molar-refractivity contribution in [3.05, 3.63) is 107 Å². The zero-order valence-corrected chi connectivity index (χ0v) is 19.2. The molecule has 4 rings (SSSR count). The molecule has 0 aliphatic carbocycles. The number of H-pyrrole nitrogens is 1. The monoisotopic (exact) mass is 492 g/mol. The van der Waals surface area contributed by atoms with E-state index < -0.39 is 29.6 Å². The number of hydrogen-bond donors (Lipinski definition) is 4. The summed E-state index contributed by atoms with van der Waals surface area (Å²) >= 11 is 6.15. The molecule has 0 bridgehead atoms. The average Bonchev–Trinajstić information content (AvgIpc) is 3.26. The molecule has 0 aliphatic rings. The van der Waals surface area contributed by atoms with Crippen LogP contribution in [0.3, 0.4) is 0 Å². The molecule has 4 N–H and O–H groups in total. The third kappa shape index (κ3) is 6.04. The average molecular weight is 493 g/mol. The minimum atomic E-state index is -1.01. The van der Waals surface area contributed by atoms with Crippen molar-refractivity contribution < 1.29 is 18.8 Å². The Kier molecular flexibility index (Phi) is 7.42. The van der Waals surface area contributed by atoms with Crippen LogP contribution in [0.15, 0.2) is 79.0 Å². The first-order valence-corrected chi connectivity index (χ1v) is 11.2. The zero-order valence-electron chi connectivity index (χ0n) is 18.5. The van der Waals surface area contributed by atoms with Gasteiger partial charge < -0.3 is 10.3 Å². The first kappa shape index (κ1) is 24.0. The maximum atomic E-state index is 13.1. The number of hydrogen-bond acceptors (Lipinski definition) is 3. The Morgan fingerprint density at radius 2 is 1.63 bits per heavy atom. The molecule has 9 heteroatoms. The van der Waals surface area contributed by atoms with E-state index >= 15 is 0 Å². The van der Waals surface area contributed by atoms with Crippen LogP contribution in [0, 0.1) is 5.82 Å². The van der Waals surface area contributed by atoms with E-state index in [9.17, 15) is 18.8 Å². The summed E-state index contributed by atoms with van der Waals surface area (Å²) in [4.78, 5) is 41.3. The first-order valence-electron chi connectivity index (χ1n) is 10.8. The second kappa shape index (κ2) is 10.8. The van der Waals surface area contributed by atoms with Crippen LogP contribution in [0.2, 0.25) is 5.02 Å². The smallest absolute Gasteiger partial charge is 0.261 e. The summed E-state index contributed by atoms with van der Waals surface area (Å²) in [6.45, 7) is 0. The van der Waals surface area contributed by atoms with E-state index in [0.717, 1.165) is 16.5 Å². The van der Waals surface area contributed by atoms with Crippen molar-refractivity contribution in [2.75, 3.05) is 0 Å². The van der Waals surface area contributed by atoms with Crippen LogP contribution in [0.25, 0.3) is 10.9 Å². The number of benzene rings is 3. The molecule has 0 radical (unpaired) electrons. The van der Waals surface area contributed by atoms with Crippen LogP contribution in [0.1, 0.15) is 21.5 Å². The van der Waals surface area contributed by atoms with E-state index in [2.05, 4.69) is 21.2 Å². The quantitative estimate of drug-likeness (QED) is 0.296. The predicted molar refractivity (Wildman–Crippen MR) is 131 cm³/mol. The lowest BCUT2D eigenvalue weighted by Crippen LogP contribution is -2.53. The first-order chi connectivity index (χ1) is 16.9. The summed E-state index contributed by atoms with van der Waals surface area (Å²) in [5, 5.41) is 3.88. The van der Waals surface area contributed by atoms with Gasteiger partial charge in [0.2, 0.25) is 5.91 Å². The van der Waals surface area contributed by atoms with Gasteiger partial charge >= 0.3 is 0 Å². The van der Waals surface area contributed by atoms with Crippen LogP contribution in [-0.2, 0) is 22.4 Å². The molecule has 3 amide bonds. The van der Waals surface area contributed by atoms with Crippen molar-refractivity contribution in [2.24, 2.45) is 0 Å². The molecule has 0 unspecified atom stereocenters. The normalized spacial score (nSPS) is 11.6. The summed E-state index contributed by atoms with van der Waals surface area (Å²) < 4.78 is 13.1. The molecule has 0 saturated heterocycles. The minimum Gasteiger partial charge on any atom is -0.361 e. The van der Waals surface area contributed by atoms with E-state index in [0.29, 0.717) is 5.56 Å². The summed E-state index contributed by atoms with van der Waals surface area (Å²) in [5.41, 5.74) is 7.25. The molecule has 3 aromatic carbocycles. The topological polar surface area (TPSA) is 103 Å². The van der Waals surface area contributed by atoms with Crippen molar-refractivity contribution in [2.45, 2.75) is 18.9 Å². The fraction of sp³-hybridized carbons (Fsp3) is 0.115. The van der Waals surface area contributed by atoms with Gasteiger partial charge in [-0.3, -0.25) is 25.2 Å². The maximum Gasteiger partial charge on any atom is 0.261 e. The SMILES string of the molecule is O=C(Cc1ccc(F)cc1)NNC(=O)[C@H](Cc1c[nH]c2ccccc12)NC(=O)c1ccccc1Cl. The number of amides is 3. The molecule has 35 heavy (non-hydrogen) atoms. The third-order valence-corrected chi connectivity index (χ3v) is 5.77. The highest BCUT2D eigenvalue weighted by molar-refractivity contribution is 6.33. The van der Waals surface area contributed by atoms with Crippen LogP contribution in [0.5, 0.6) is 0 Å². The lowest BCUT2D eigenvalue weighted by atomic mass is 10.0. The van der Waals surface area contributed by atoms with Crippen LogP contribution < -0.4 is 16.2 Å². The lowest BCUT2D eigenvalue weighted by Gasteiger charge is -2.19. The van der Waals surface area contributed by atoms with Crippen LogP contribution >= 0.6 is 11.6 Å². The number of aromatic amines is 1. The molecule has 0 spiro atoms. The standard InChI is InChI=1S/C26H22ClFN4O3/c27-21-7-3-1-6-20(21)25(34)30-23(14-17-15-29-22-8-4-2-5-19(17)22)26(35)32-31-24(33)13-16-9-11-18(28)12-10-16/h1-12,15,23,29H,13-14H2,(H,30,34)(H,31,33)(H,32,35)/t23-/m0/s1. The third-order valence-electron chi connectivity index (χ3n) is 5.44. The van der Waals surface area contributed by atoms with Gasteiger partial charge in [-0.25, -0.2) is 4.39 Å². The molecule has 1 heterocycles. The van der Waals surface area contributed by atoms with E-state index in [1.807, 2.05) is 24.3 Å². The Bertz CT molecular complexity index is 1370. The number of fused-ring (bicyclic) bond motifs is 1. The van der Waals surface area contributed by atoms with Gasteiger partial charge in [0, 0.05) is 23.5 Å². The fourth-order valence-corrected chi connectivity index (χ4v) is 3.88.